The van der Waals surface area contributed by atoms with Gasteiger partial charge < -0.3 is 10.6 Å². The number of rotatable bonds is 5. The molecule has 4 nitrogen and oxygen atoms in total. The van der Waals surface area contributed by atoms with Crippen LogP contribution in [0.4, 0.5) is 5.69 Å². The smallest absolute Gasteiger partial charge is 0.223 e. The van der Waals surface area contributed by atoms with Crippen LogP contribution in [-0.4, -0.2) is 24.8 Å². The van der Waals surface area contributed by atoms with Gasteiger partial charge in [0.05, 0.1) is 6.54 Å². The van der Waals surface area contributed by atoms with Gasteiger partial charge in [0, 0.05) is 25.6 Å². The molecule has 1 amide bonds. The molecule has 2 N–H and O–H groups in total. The van der Waals surface area contributed by atoms with Gasteiger partial charge in [0.25, 0.3) is 0 Å². The molecule has 0 atom stereocenters. The molecule has 1 aromatic carbocycles. The SMILES string of the molecule is CC(=O)N(CCC(=O)CN)c1ccccc1. The Labute approximate surface area is 95.0 Å². The number of para-hydroxylation sites is 1. The lowest BCUT2D eigenvalue weighted by Crippen LogP contribution is -2.31. The average molecular weight is 220 g/mol. The molecular formula is C12H16N2O2. The van der Waals surface area contributed by atoms with Crippen LogP contribution in [0.2, 0.25) is 0 Å². The first kappa shape index (κ1) is 12.4. The predicted octanol–water partition coefficient (Wildman–Crippen LogP) is 0.957. The Morgan fingerprint density at radius 2 is 1.88 bits per heavy atom. The first-order valence-electron chi connectivity index (χ1n) is 5.20. The summed E-state index contributed by atoms with van der Waals surface area (Å²) in [6.45, 7) is 1.90. The molecule has 4 heteroatoms. The summed E-state index contributed by atoms with van der Waals surface area (Å²) < 4.78 is 0. The predicted molar refractivity (Wildman–Crippen MR) is 63.1 cm³/mol. The van der Waals surface area contributed by atoms with Crippen LogP contribution in [0.5, 0.6) is 0 Å². The number of nitrogens with zero attached hydrogens (tertiary/aromatic N) is 1. The number of carbonyl (C=O) groups is 2. The Hall–Kier alpha value is -1.68. The summed E-state index contributed by atoms with van der Waals surface area (Å²) in [5.41, 5.74) is 6.03. The molecule has 0 radical (unpaired) electrons. The fourth-order valence-electron chi connectivity index (χ4n) is 1.41. The van der Waals surface area contributed by atoms with Crippen LogP contribution >= 0.6 is 0 Å². The highest BCUT2D eigenvalue weighted by atomic mass is 16.2. The molecule has 86 valence electrons. The number of nitrogens with two attached hydrogens (primary N) is 1. The number of carbonyl (C=O) groups excluding carboxylic acids is 2. The molecule has 0 aliphatic heterocycles. The zero-order chi connectivity index (χ0) is 12.0. The Balaban J connectivity index is 2.69. The van der Waals surface area contributed by atoms with Crippen molar-refractivity contribution >= 4 is 17.4 Å². The molecule has 0 aromatic heterocycles. The summed E-state index contributed by atoms with van der Waals surface area (Å²) >= 11 is 0. The molecule has 0 unspecified atom stereocenters. The van der Waals surface area contributed by atoms with Crippen LogP contribution in [-0.2, 0) is 9.59 Å². The van der Waals surface area contributed by atoms with Gasteiger partial charge in [-0.1, -0.05) is 18.2 Å². The fourth-order valence-corrected chi connectivity index (χ4v) is 1.41. The highest BCUT2D eigenvalue weighted by Crippen LogP contribution is 2.13. The molecule has 0 aliphatic carbocycles. The Morgan fingerprint density at radius 1 is 1.25 bits per heavy atom. The standard InChI is InChI=1S/C12H16N2O2/c1-10(15)14(8-7-12(16)9-13)11-5-3-2-4-6-11/h2-6H,7-9,13H2,1H3. The van der Waals surface area contributed by atoms with E-state index >= 15 is 0 Å². The lowest BCUT2D eigenvalue weighted by Gasteiger charge is -2.20. The van der Waals surface area contributed by atoms with E-state index < -0.39 is 0 Å². The molecule has 0 fully saturated rings. The van der Waals surface area contributed by atoms with Crippen molar-refractivity contribution in [3.05, 3.63) is 30.3 Å². The number of benzene rings is 1. The Morgan fingerprint density at radius 3 is 2.38 bits per heavy atom. The quantitative estimate of drug-likeness (QED) is 0.803. The largest absolute Gasteiger partial charge is 0.324 e. The van der Waals surface area contributed by atoms with Crippen molar-refractivity contribution in [2.75, 3.05) is 18.0 Å². The molecule has 0 saturated heterocycles. The van der Waals surface area contributed by atoms with Gasteiger partial charge in [-0.15, -0.1) is 0 Å². The minimum atomic E-state index is -0.0731. The Kier molecular flexibility index (Phi) is 4.66. The van der Waals surface area contributed by atoms with Crippen molar-refractivity contribution in [1.82, 2.24) is 0 Å². The number of ketones is 1. The maximum absolute atomic E-state index is 11.4. The van der Waals surface area contributed by atoms with Gasteiger partial charge in [-0.25, -0.2) is 0 Å². The zero-order valence-corrected chi connectivity index (χ0v) is 9.35. The van der Waals surface area contributed by atoms with Crippen LogP contribution in [0.15, 0.2) is 30.3 Å². The normalized spacial score (nSPS) is 9.88. The number of anilines is 1. The van der Waals surface area contributed by atoms with Gasteiger partial charge in [0.2, 0.25) is 5.91 Å². The van der Waals surface area contributed by atoms with E-state index in [-0.39, 0.29) is 18.2 Å². The third kappa shape index (κ3) is 3.47. The molecule has 1 rings (SSSR count). The molecule has 0 heterocycles. The third-order valence-corrected chi connectivity index (χ3v) is 2.29. The van der Waals surface area contributed by atoms with Gasteiger partial charge in [-0.05, 0) is 12.1 Å². The van der Waals surface area contributed by atoms with E-state index in [0.29, 0.717) is 13.0 Å². The number of hydrogen-bond donors (Lipinski definition) is 1. The summed E-state index contributed by atoms with van der Waals surface area (Å²) in [7, 11) is 0. The van der Waals surface area contributed by atoms with Gasteiger partial charge in [-0.2, -0.15) is 0 Å². The van der Waals surface area contributed by atoms with Crippen molar-refractivity contribution < 1.29 is 9.59 Å². The molecule has 0 spiro atoms. The topological polar surface area (TPSA) is 63.4 Å². The zero-order valence-electron chi connectivity index (χ0n) is 9.35. The molecule has 0 saturated carbocycles. The highest BCUT2D eigenvalue weighted by molar-refractivity contribution is 5.92. The van der Waals surface area contributed by atoms with Gasteiger partial charge >= 0.3 is 0 Å². The molecule has 0 aliphatic rings. The minimum Gasteiger partial charge on any atom is -0.324 e. The van der Waals surface area contributed by atoms with Crippen LogP contribution in [0.25, 0.3) is 0 Å². The summed E-state index contributed by atoms with van der Waals surface area (Å²) in [6.07, 6.45) is 0.297. The van der Waals surface area contributed by atoms with Crippen molar-refractivity contribution in [1.29, 1.82) is 0 Å². The van der Waals surface area contributed by atoms with E-state index in [0.717, 1.165) is 5.69 Å². The molecular weight excluding hydrogens is 204 g/mol. The summed E-state index contributed by atoms with van der Waals surface area (Å²) in [5.74, 6) is -0.113. The van der Waals surface area contributed by atoms with E-state index in [9.17, 15) is 9.59 Å². The van der Waals surface area contributed by atoms with E-state index in [1.807, 2.05) is 30.3 Å². The Bertz CT molecular complexity index is 363. The lowest BCUT2D eigenvalue weighted by atomic mass is 10.2. The highest BCUT2D eigenvalue weighted by Gasteiger charge is 2.11. The number of amides is 1. The second-order valence-electron chi connectivity index (χ2n) is 3.50. The van der Waals surface area contributed by atoms with Crippen LogP contribution in [0, 0.1) is 0 Å². The molecule has 1 aromatic rings. The second kappa shape index (κ2) is 6.02. The van der Waals surface area contributed by atoms with E-state index in [1.165, 1.54) is 6.92 Å². The van der Waals surface area contributed by atoms with Crippen LogP contribution < -0.4 is 10.6 Å². The summed E-state index contributed by atoms with van der Waals surface area (Å²) in [4.78, 5) is 24.1. The van der Waals surface area contributed by atoms with E-state index in [1.54, 1.807) is 4.90 Å². The molecule has 0 bridgehead atoms. The third-order valence-electron chi connectivity index (χ3n) is 2.29. The first-order valence-corrected chi connectivity index (χ1v) is 5.20. The lowest BCUT2D eigenvalue weighted by molar-refractivity contribution is -0.118. The minimum absolute atomic E-state index is 0.0283. The maximum Gasteiger partial charge on any atom is 0.223 e. The maximum atomic E-state index is 11.4. The number of hydrogen-bond acceptors (Lipinski definition) is 3. The van der Waals surface area contributed by atoms with Gasteiger partial charge in [-0.3, -0.25) is 9.59 Å². The van der Waals surface area contributed by atoms with E-state index in [2.05, 4.69) is 0 Å². The van der Waals surface area contributed by atoms with Gasteiger partial charge in [0.15, 0.2) is 0 Å². The van der Waals surface area contributed by atoms with Gasteiger partial charge in [0.1, 0.15) is 5.78 Å². The fraction of sp³-hybridized carbons (Fsp3) is 0.333. The van der Waals surface area contributed by atoms with Crippen molar-refractivity contribution in [3.63, 3.8) is 0 Å². The summed E-state index contributed by atoms with van der Waals surface area (Å²) in [5, 5.41) is 0. The average Bonchev–Trinajstić information content (AvgIpc) is 2.30. The monoisotopic (exact) mass is 220 g/mol. The van der Waals surface area contributed by atoms with Crippen LogP contribution in [0.3, 0.4) is 0 Å². The first-order chi connectivity index (χ1) is 7.65. The summed E-state index contributed by atoms with van der Waals surface area (Å²) in [6, 6.07) is 9.28. The van der Waals surface area contributed by atoms with Crippen LogP contribution in [0.1, 0.15) is 13.3 Å². The van der Waals surface area contributed by atoms with Crippen molar-refractivity contribution in [2.24, 2.45) is 5.73 Å². The number of Topliss-reactive ketones (excluding diaryl/α,β-unsaturated/α-hetero) is 1. The van der Waals surface area contributed by atoms with E-state index in [4.69, 9.17) is 5.73 Å². The van der Waals surface area contributed by atoms with Crippen molar-refractivity contribution in [3.8, 4) is 0 Å². The molecule has 16 heavy (non-hydrogen) atoms. The second-order valence-corrected chi connectivity index (χ2v) is 3.50. The van der Waals surface area contributed by atoms with Crippen molar-refractivity contribution in [2.45, 2.75) is 13.3 Å².